The first-order valence-corrected chi connectivity index (χ1v) is 14.2. The fraction of sp³-hybridized carbons (Fsp3) is 0.680. The van der Waals surface area contributed by atoms with Gasteiger partial charge in [0.1, 0.15) is 6.04 Å². The first-order chi connectivity index (χ1) is 16.3. The average molecular weight is 491 g/mol. The number of rotatable bonds is 6. The highest BCUT2D eigenvalue weighted by atomic mass is 32.2. The number of hydrogen-bond donors (Lipinski definition) is 0. The summed E-state index contributed by atoms with van der Waals surface area (Å²) in [5.41, 5.74) is 1.38. The number of anilines is 1. The molecule has 1 aromatic carbocycles. The van der Waals surface area contributed by atoms with Gasteiger partial charge in [0.15, 0.2) is 0 Å². The van der Waals surface area contributed by atoms with Gasteiger partial charge in [-0.3, -0.25) is 19.4 Å². The molecule has 1 atom stereocenters. The molecule has 0 unspecified atom stereocenters. The van der Waals surface area contributed by atoms with Gasteiger partial charge in [0.2, 0.25) is 21.8 Å². The first-order valence-electron chi connectivity index (χ1n) is 12.7. The lowest BCUT2D eigenvalue weighted by Gasteiger charge is -2.41. The molecule has 3 aliphatic rings. The quantitative estimate of drug-likeness (QED) is 0.612. The van der Waals surface area contributed by atoms with Gasteiger partial charge < -0.3 is 4.90 Å². The van der Waals surface area contributed by atoms with Crippen molar-refractivity contribution in [2.24, 2.45) is 0 Å². The van der Waals surface area contributed by atoms with E-state index in [1.807, 2.05) is 18.7 Å². The molecule has 2 fully saturated rings. The van der Waals surface area contributed by atoms with Crippen molar-refractivity contribution < 1.29 is 18.0 Å². The van der Waals surface area contributed by atoms with E-state index < -0.39 is 16.1 Å². The van der Waals surface area contributed by atoms with Gasteiger partial charge in [0.25, 0.3) is 0 Å². The molecule has 188 valence electrons. The second kappa shape index (κ2) is 10.3. The van der Waals surface area contributed by atoms with Crippen LogP contribution >= 0.6 is 0 Å². The van der Waals surface area contributed by atoms with E-state index in [1.165, 1.54) is 43.3 Å². The number of carbonyl (C=O) groups is 2. The van der Waals surface area contributed by atoms with E-state index in [1.54, 1.807) is 23.1 Å². The van der Waals surface area contributed by atoms with E-state index in [2.05, 4.69) is 4.90 Å². The van der Waals surface area contributed by atoms with E-state index in [-0.39, 0.29) is 16.7 Å². The predicted octanol–water partition coefficient (Wildman–Crippen LogP) is 2.47. The van der Waals surface area contributed by atoms with Gasteiger partial charge in [0, 0.05) is 64.3 Å². The molecule has 2 aliphatic heterocycles. The molecule has 9 heteroatoms. The molecule has 1 saturated carbocycles. The molecular formula is C25H38N4O4S. The molecule has 1 aliphatic carbocycles. The molecule has 8 nitrogen and oxygen atoms in total. The van der Waals surface area contributed by atoms with Crippen LogP contribution in [0.5, 0.6) is 0 Å². The van der Waals surface area contributed by atoms with Crippen LogP contribution in [0.15, 0.2) is 23.1 Å². The van der Waals surface area contributed by atoms with Crippen LogP contribution in [-0.2, 0) is 26.0 Å². The molecule has 4 rings (SSSR count). The zero-order chi connectivity index (χ0) is 24.5. The van der Waals surface area contributed by atoms with Crippen LogP contribution in [0.25, 0.3) is 0 Å². The zero-order valence-corrected chi connectivity index (χ0v) is 21.5. The zero-order valence-electron chi connectivity index (χ0n) is 20.7. The molecule has 0 bridgehead atoms. The van der Waals surface area contributed by atoms with Crippen molar-refractivity contribution in [2.45, 2.75) is 76.3 Å². The SMILES string of the molecule is CCN(CC)S(=O)(=O)c1ccc2c(c1)C[C@@H](C(=O)N1CCN(C3CCCCC3)CC1)N2C(C)=O. The van der Waals surface area contributed by atoms with E-state index in [0.29, 0.717) is 44.3 Å². The molecule has 1 aromatic rings. The van der Waals surface area contributed by atoms with Gasteiger partial charge in [-0.2, -0.15) is 4.31 Å². The monoisotopic (exact) mass is 490 g/mol. The Morgan fingerprint density at radius 2 is 1.65 bits per heavy atom. The highest BCUT2D eigenvalue weighted by molar-refractivity contribution is 7.89. The summed E-state index contributed by atoms with van der Waals surface area (Å²) >= 11 is 0. The van der Waals surface area contributed by atoms with Gasteiger partial charge >= 0.3 is 0 Å². The van der Waals surface area contributed by atoms with Crippen molar-refractivity contribution in [1.29, 1.82) is 0 Å². The summed E-state index contributed by atoms with van der Waals surface area (Å²) in [5.74, 6) is -0.236. The maximum absolute atomic E-state index is 13.5. The van der Waals surface area contributed by atoms with Crippen LogP contribution in [0.2, 0.25) is 0 Å². The Morgan fingerprint density at radius 3 is 2.24 bits per heavy atom. The van der Waals surface area contributed by atoms with Gasteiger partial charge in [0.05, 0.1) is 4.90 Å². The topological polar surface area (TPSA) is 81.2 Å². The summed E-state index contributed by atoms with van der Waals surface area (Å²) in [4.78, 5) is 32.3. The molecule has 2 amide bonds. The second-order valence-corrected chi connectivity index (χ2v) is 11.6. The Hall–Kier alpha value is -1.97. The van der Waals surface area contributed by atoms with Gasteiger partial charge in [-0.05, 0) is 36.6 Å². The lowest BCUT2D eigenvalue weighted by molar-refractivity contribution is -0.136. The number of hydrogen-bond acceptors (Lipinski definition) is 5. The minimum absolute atomic E-state index is 0.0390. The fourth-order valence-electron chi connectivity index (χ4n) is 5.85. The van der Waals surface area contributed by atoms with Crippen LogP contribution in [0.3, 0.4) is 0 Å². The van der Waals surface area contributed by atoms with Crippen molar-refractivity contribution in [3.8, 4) is 0 Å². The Balaban J connectivity index is 1.50. The van der Waals surface area contributed by atoms with Crippen molar-refractivity contribution in [3.05, 3.63) is 23.8 Å². The number of benzene rings is 1. The Kier molecular flexibility index (Phi) is 7.64. The van der Waals surface area contributed by atoms with Crippen LogP contribution < -0.4 is 4.90 Å². The Labute approximate surface area is 203 Å². The summed E-state index contributed by atoms with van der Waals surface area (Å²) in [5, 5.41) is 0. The minimum Gasteiger partial charge on any atom is -0.338 e. The lowest BCUT2D eigenvalue weighted by Crippen LogP contribution is -2.56. The number of piperazine rings is 1. The van der Waals surface area contributed by atoms with E-state index >= 15 is 0 Å². The Bertz CT molecular complexity index is 1010. The summed E-state index contributed by atoms with van der Waals surface area (Å²) in [6, 6.07) is 4.91. The van der Waals surface area contributed by atoms with E-state index in [0.717, 1.165) is 18.7 Å². The summed E-state index contributed by atoms with van der Waals surface area (Å²) in [7, 11) is -3.61. The molecule has 0 N–H and O–H groups in total. The molecule has 34 heavy (non-hydrogen) atoms. The molecule has 0 spiro atoms. The first kappa shape index (κ1) is 25.1. The largest absolute Gasteiger partial charge is 0.338 e. The summed E-state index contributed by atoms with van der Waals surface area (Å²) in [6.07, 6.45) is 6.77. The number of nitrogens with zero attached hydrogens (tertiary/aromatic N) is 4. The van der Waals surface area contributed by atoms with Crippen molar-refractivity contribution in [3.63, 3.8) is 0 Å². The third-order valence-corrected chi connectivity index (χ3v) is 9.77. The van der Waals surface area contributed by atoms with Crippen molar-refractivity contribution in [1.82, 2.24) is 14.1 Å². The summed E-state index contributed by atoms with van der Waals surface area (Å²) < 4.78 is 27.4. The predicted molar refractivity (Wildman–Crippen MR) is 132 cm³/mol. The third kappa shape index (κ3) is 4.75. The molecule has 0 aromatic heterocycles. The summed E-state index contributed by atoms with van der Waals surface area (Å²) in [6.45, 7) is 8.99. The average Bonchev–Trinajstić information content (AvgIpc) is 3.24. The maximum Gasteiger partial charge on any atom is 0.246 e. The molecule has 0 radical (unpaired) electrons. The molecule has 1 saturated heterocycles. The Morgan fingerprint density at radius 1 is 1.00 bits per heavy atom. The molecular weight excluding hydrogens is 452 g/mol. The molecule has 2 heterocycles. The van der Waals surface area contributed by atoms with Gasteiger partial charge in [-0.15, -0.1) is 0 Å². The van der Waals surface area contributed by atoms with Gasteiger partial charge in [-0.1, -0.05) is 33.1 Å². The van der Waals surface area contributed by atoms with E-state index in [4.69, 9.17) is 0 Å². The van der Waals surface area contributed by atoms with Crippen LogP contribution in [-0.4, -0.2) is 85.7 Å². The second-order valence-electron chi connectivity index (χ2n) is 9.64. The lowest BCUT2D eigenvalue weighted by atomic mass is 9.94. The fourth-order valence-corrected chi connectivity index (χ4v) is 7.36. The van der Waals surface area contributed by atoms with Crippen LogP contribution in [0.1, 0.15) is 58.4 Å². The van der Waals surface area contributed by atoms with Crippen LogP contribution in [0.4, 0.5) is 5.69 Å². The van der Waals surface area contributed by atoms with Crippen LogP contribution in [0, 0.1) is 0 Å². The normalized spacial score (nSPS) is 22.3. The third-order valence-electron chi connectivity index (χ3n) is 7.72. The number of fused-ring (bicyclic) bond motifs is 1. The number of amides is 2. The standard InChI is InChI=1S/C25H38N4O4S/c1-4-28(5-2)34(32,33)22-11-12-23-20(17-22)18-24(29(23)19(3)30)25(31)27-15-13-26(14-16-27)21-9-7-6-8-10-21/h11-12,17,21,24H,4-10,13-16,18H2,1-3H3/t24-/m0/s1. The minimum atomic E-state index is -3.61. The highest BCUT2D eigenvalue weighted by Crippen LogP contribution is 2.36. The van der Waals surface area contributed by atoms with E-state index in [9.17, 15) is 18.0 Å². The smallest absolute Gasteiger partial charge is 0.246 e. The number of carbonyl (C=O) groups excluding carboxylic acids is 2. The van der Waals surface area contributed by atoms with Gasteiger partial charge in [-0.25, -0.2) is 8.42 Å². The number of sulfonamides is 1. The van der Waals surface area contributed by atoms with Crippen molar-refractivity contribution in [2.75, 3.05) is 44.2 Å². The van der Waals surface area contributed by atoms with Crippen molar-refractivity contribution >= 4 is 27.5 Å². The maximum atomic E-state index is 13.5. The highest BCUT2D eigenvalue weighted by Gasteiger charge is 2.40.